The molecule has 1 saturated heterocycles. The van der Waals surface area contributed by atoms with E-state index >= 15 is 0 Å². The lowest BCUT2D eigenvalue weighted by molar-refractivity contribution is -0.133. The fourth-order valence-corrected chi connectivity index (χ4v) is 3.13. The molecule has 1 aromatic carbocycles. The van der Waals surface area contributed by atoms with Gasteiger partial charge in [-0.3, -0.25) is 9.69 Å². The molecule has 1 aliphatic rings. The molecule has 1 amide bonds. The molecule has 1 aliphatic heterocycles. The molecule has 7 nitrogen and oxygen atoms in total. The van der Waals surface area contributed by atoms with Crippen molar-refractivity contribution in [2.75, 3.05) is 39.8 Å². The number of nitrogens with one attached hydrogen (secondary N) is 1. The van der Waals surface area contributed by atoms with Crippen LogP contribution in [0.5, 0.6) is 0 Å². The van der Waals surface area contributed by atoms with Gasteiger partial charge < -0.3 is 14.7 Å². The van der Waals surface area contributed by atoms with Crippen LogP contribution in [0, 0.1) is 6.92 Å². The van der Waals surface area contributed by atoms with Gasteiger partial charge in [0.25, 0.3) is 0 Å². The number of carbonyl (C=O) groups is 1. The molecule has 0 radical (unpaired) electrons. The zero-order valence-electron chi connectivity index (χ0n) is 15.7. The lowest BCUT2D eigenvalue weighted by Gasteiger charge is -2.36. The molecule has 1 aromatic heterocycles. The normalized spacial score (nSPS) is 16.7. The Morgan fingerprint density at radius 3 is 2.58 bits per heavy atom. The van der Waals surface area contributed by atoms with Crippen LogP contribution in [0.3, 0.4) is 0 Å². The Labute approximate surface area is 154 Å². The molecular weight excluding hydrogens is 330 g/mol. The minimum Gasteiger partial charge on any atom is -0.340 e. The molecule has 1 unspecified atom stereocenters. The molecule has 7 heteroatoms. The molecule has 1 fully saturated rings. The molecule has 3 rings (SSSR count). The second-order valence-corrected chi connectivity index (χ2v) is 6.77. The summed E-state index contributed by atoms with van der Waals surface area (Å²) in [5, 5.41) is 7.14. The average Bonchev–Trinajstić information content (AvgIpc) is 3.16. The Kier molecular flexibility index (Phi) is 6.00. The first-order valence-corrected chi connectivity index (χ1v) is 9.15. The maximum Gasteiger partial charge on any atom is 0.244 e. The summed E-state index contributed by atoms with van der Waals surface area (Å²) in [6.07, 6.45) is 0.551. The van der Waals surface area contributed by atoms with Gasteiger partial charge >= 0.3 is 0 Å². The number of aryl methyl sites for hydroxylation is 1. The van der Waals surface area contributed by atoms with Crippen molar-refractivity contribution in [3.8, 4) is 11.4 Å². The standard InChI is InChI=1S/C19H27N5O2/c1-14-4-6-16(7-5-14)18-21-19(26-22-18)15(2)23-10-12-24(13-11-23)17(25)8-9-20-3/h4-7,15,20H,8-13H2,1-3H3. The molecule has 0 saturated carbocycles. The predicted molar refractivity (Wildman–Crippen MR) is 99.6 cm³/mol. The van der Waals surface area contributed by atoms with E-state index in [1.807, 2.05) is 36.2 Å². The minimum atomic E-state index is 0.0382. The number of rotatable bonds is 6. The van der Waals surface area contributed by atoms with Crippen LogP contribution in [0.2, 0.25) is 0 Å². The first kappa shape index (κ1) is 18.5. The summed E-state index contributed by atoms with van der Waals surface area (Å²) < 4.78 is 5.50. The number of piperazine rings is 1. The molecule has 0 spiro atoms. The Balaban J connectivity index is 1.58. The average molecular weight is 357 g/mol. The third-order valence-corrected chi connectivity index (χ3v) is 4.91. The minimum absolute atomic E-state index is 0.0382. The third kappa shape index (κ3) is 4.28. The topological polar surface area (TPSA) is 74.5 Å². The van der Waals surface area contributed by atoms with E-state index in [0.717, 1.165) is 38.3 Å². The van der Waals surface area contributed by atoms with Crippen molar-refractivity contribution in [2.24, 2.45) is 0 Å². The number of carbonyl (C=O) groups excluding carboxylic acids is 1. The third-order valence-electron chi connectivity index (χ3n) is 4.91. The van der Waals surface area contributed by atoms with Gasteiger partial charge in [0, 0.05) is 44.7 Å². The van der Waals surface area contributed by atoms with Gasteiger partial charge in [-0.2, -0.15) is 4.98 Å². The van der Waals surface area contributed by atoms with Crippen molar-refractivity contribution in [1.82, 2.24) is 25.3 Å². The first-order valence-electron chi connectivity index (χ1n) is 9.15. The quantitative estimate of drug-likeness (QED) is 0.851. The lowest BCUT2D eigenvalue weighted by atomic mass is 10.1. The smallest absolute Gasteiger partial charge is 0.244 e. The monoisotopic (exact) mass is 357 g/mol. The molecule has 2 heterocycles. The van der Waals surface area contributed by atoms with Crippen LogP contribution in [0.1, 0.15) is 30.8 Å². The first-order chi connectivity index (χ1) is 12.6. The predicted octanol–water partition coefficient (Wildman–Crippen LogP) is 1.86. The van der Waals surface area contributed by atoms with Gasteiger partial charge in [-0.25, -0.2) is 0 Å². The van der Waals surface area contributed by atoms with E-state index in [0.29, 0.717) is 18.1 Å². The zero-order chi connectivity index (χ0) is 18.5. The molecule has 0 aliphatic carbocycles. The lowest BCUT2D eigenvalue weighted by Crippen LogP contribution is -2.49. The highest BCUT2D eigenvalue weighted by Gasteiger charge is 2.27. The van der Waals surface area contributed by atoms with Gasteiger partial charge in [-0.05, 0) is 20.9 Å². The second-order valence-electron chi connectivity index (χ2n) is 6.77. The van der Waals surface area contributed by atoms with Crippen molar-refractivity contribution < 1.29 is 9.32 Å². The molecule has 26 heavy (non-hydrogen) atoms. The van der Waals surface area contributed by atoms with Crippen LogP contribution in [-0.2, 0) is 4.79 Å². The summed E-state index contributed by atoms with van der Waals surface area (Å²) in [4.78, 5) is 20.9. The van der Waals surface area contributed by atoms with Gasteiger partial charge in [0.05, 0.1) is 6.04 Å². The van der Waals surface area contributed by atoms with E-state index < -0.39 is 0 Å². The van der Waals surface area contributed by atoms with E-state index in [4.69, 9.17) is 4.52 Å². The van der Waals surface area contributed by atoms with Crippen LogP contribution < -0.4 is 5.32 Å². The molecule has 1 atom stereocenters. The Bertz CT molecular complexity index is 720. The van der Waals surface area contributed by atoms with Crippen LogP contribution in [0.15, 0.2) is 28.8 Å². The van der Waals surface area contributed by atoms with Crippen molar-refractivity contribution >= 4 is 5.91 Å². The van der Waals surface area contributed by atoms with Gasteiger partial charge in [0.1, 0.15) is 0 Å². The van der Waals surface area contributed by atoms with Crippen molar-refractivity contribution in [1.29, 1.82) is 0 Å². The van der Waals surface area contributed by atoms with Gasteiger partial charge in [-0.1, -0.05) is 35.0 Å². The maximum atomic E-state index is 12.1. The number of hydrogen-bond acceptors (Lipinski definition) is 6. The second kappa shape index (κ2) is 8.42. The summed E-state index contributed by atoms with van der Waals surface area (Å²) in [5.74, 6) is 1.45. The highest BCUT2D eigenvalue weighted by Crippen LogP contribution is 2.23. The maximum absolute atomic E-state index is 12.1. The van der Waals surface area contributed by atoms with Crippen LogP contribution in [-0.4, -0.2) is 65.6 Å². The summed E-state index contributed by atoms with van der Waals surface area (Å²) in [7, 11) is 1.86. The van der Waals surface area contributed by atoms with E-state index in [1.165, 1.54) is 5.56 Å². The Morgan fingerprint density at radius 1 is 1.23 bits per heavy atom. The van der Waals surface area contributed by atoms with Gasteiger partial charge in [0.2, 0.25) is 17.6 Å². The van der Waals surface area contributed by atoms with E-state index in [1.54, 1.807) is 0 Å². The Morgan fingerprint density at radius 2 is 1.92 bits per heavy atom. The number of amides is 1. The largest absolute Gasteiger partial charge is 0.340 e. The number of hydrogen-bond donors (Lipinski definition) is 1. The SMILES string of the molecule is CNCCC(=O)N1CCN(C(C)c2nc(-c3ccc(C)cc3)no2)CC1. The molecule has 1 N–H and O–H groups in total. The van der Waals surface area contributed by atoms with Crippen LogP contribution in [0.4, 0.5) is 0 Å². The van der Waals surface area contributed by atoms with Gasteiger partial charge in [-0.15, -0.1) is 0 Å². The molecule has 140 valence electrons. The number of nitrogens with zero attached hydrogens (tertiary/aromatic N) is 4. The summed E-state index contributed by atoms with van der Waals surface area (Å²) in [5.41, 5.74) is 2.16. The number of benzene rings is 1. The van der Waals surface area contributed by atoms with Crippen molar-refractivity contribution in [3.63, 3.8) is 0 Å². The molecular formula is C19H27N5O2. The van der Waals surface area contributed by atoms with E-state index in [-0.39, 0.29) is 11.9 Å². The molecule has 2 aromatic rings. The van der Waals surface area contributed by atoms with Crippen molar-refractivity contribution in [2.45, 2.75) is 26.3 Å². The Hall–Kier alpha value is -2.25. The number of aromatic nitrogens is 2. The van der Waals surface area contributed by atoms with Gasteiger partial charge in [0.15, 0.2) is 0 Å². The van der Waals surface area contributed by atoms with E-state index in [9.17, 15) is 4.79 Å². The summed E-state index contributed by atoms with van der Waals surface area (Å²) in [6.45, 7) is 7.96. The summed E-state index contributed by atoms with van der Waals surface area (Å²) in [6, 6.07) is 8.13. The zero-order valence-corrected chi connectivity index (χ0v) is 15.7. The summed E-state index contributed by atoms with van der Waals surface area (Å²) >= 11 is 0. The highest BCUT2D eigenvalue weighted by atomic mass is 16.5. The van der Waals surface area contributed by atoms with E-state index in [2.05, 4.69) is 34.2 Å². The van der Waals surface area contributed by atoms with Crippen molar-refractivity contribution in [3.05, 3.63) is 35.7 Å². The fraction of sp³-hybridized carbons (Fsp3) is 0.526. The van der Waals surface area contributed by atoms with Crippen LogP contribution in [0.25, 0.3) is 11.4 Å². The highest BCUT2D eigenvalue weighted by molar-refractivity contribution is 5.76. The molecule has 0 bridgehead atoms. The fourth-order valence-electron chi connectivity index (χ4n) is 3.13. The van der Waals surface area contributed by atoms with Crippen LogP contribution >= 0.6 is 0 Å².